The first-order valence-electron chi connectivity index (χ1n) is 15.9. The number of Topliss-reactive ketones (excluding diaryl/α,β-unsaturated/α-hetero) is 1. The van der Waals surface area contributed by atoms with Gasteiger partial charge in [-0.1, -0.05) is 72.8 Å². The molecule has 0 spiro atoms. The van der Waals surface area contributed by atoms with E-state index in [1.54, 1.807) is 11.8 Å². The number of ketones is 1. The number of benzene rings is 3. The number of rotatable bonds is 17. The molecule has 1 aliphatic rings. The first-order valence-corrected chi connectivity index (χ1v) is 17.2. The molecule has 1 aliphatic heterocycles. The van der Waals surface area contributed by atoms with Crippen molar-refractivity contribution >= 4 is 46.3 Å². The zero-order valence-corrected chi connectivity index (χ0v) is 27.8. The Hall–Kier alpha value is -3.97. The number of nitrogens with one attached hydrogen (secondary N) is 3. The molecule has 47 heavy (non-hydrogen) atoms. The van der Waals surface area contributed by atoms with Crippen molar-refractivity contribution in [3.8, 4) is 0 Å². The summed E-state index contributed by atoms with van der Waals surface area (Å²) in [5.74, 6) is -0.628. The van der Waals surface area contributed by atoms with Crippen LogP contribution in [0.5, 0.6) is 0 Å². The van der Waals surface area contributed by atoms with E-state index in [4.69, 9.17) is 15.2 Å². The average Bonchev–Trinajstić information content (AvgIpc) is 3.62. The number of ether oxygens (including phenoxy) is 2. The molecule has 2 unspecified atom stereocenters. The van der Waals surface area contributed by atoms with Crippen LogP contribution in [0, 0.1) is 0 Å². The number of fused-ring (bicyclic) bond motifs is 1. The van der Waals surface area contributed by atoms with Crippen LogP contribution < -0.4 is 21.7 Å². The van der Waals surface area contributed by atoms with Crippen molar-refractivity contribution in [2.24, 2.45) is 5.73 Å². The van der Waals surface area contributed by atoms with E-state index in [0.717, 1.165) is 28.3 Å². The molecule has 2 amide bonds. The van der Waals surface area contributed by atoms with Crippen molar-refractivity contribution in [1.29, 1.82) is 0 Å². The van der Waals surface area contributed by atoms with Gasteiger partial charge in [0, 0.05) is 19.1 Å². The largest absolute Gasteiger partial charge is 0.467 e. The number of esters is 1. The van der Waals surface area contributed by atoms with Crippen molar-refractivity contribution in [2.75, 3.05) is 38.8 Å². The molecule has 11 nitrogen and oxygen atoms in total. The summed E-state index contributed by atoms with van der Waals surface area (Å²) >= 11 is 1.56. The molecular weight excluding hydrogens is 618 g/mol. The number of hydrogen-bond donors (Lipinski definition) is 4. The zero-order chi connectivity index (χ0) is 33.6. The van der Waals surface area contributed by atoms with Crippen LogP contribution in [0.15, 0.2) is 72.8 Å². The van der Waals surface area contributed by atoms with E-state index < -0.39 is 36.1 Å². The number of methoxy groups -OCH3 is 1. The second-order valence-electron chi connectivity index (χ2n) is 11.5. The Morgan fingerprint density at radius 2 is 1.74 bits per heavy atom. The van der Waals surface area contributed by atoms with Crippen LogP contribution in [-0.4, -0.2) is 91.6 Å². The smallest absolute Gasteiger partial charge is 0.408 e. The fourth-order valence-electron chi connectivity index (χ4n) is 5.93. The molecule has 0 aliphatic carbocycles. The maximum atomic E-state index is 14.4. The normalized spacial score (nSPS) is 16.3. The highest BCUT2D eigenvalue weighted by molar-refractivity contribution is 7.98. The Kier molecular flexibility index (Phi) is 14.0. The summed E-state index contributed by atoms with van der Waals surface area (Å²) in [6.45, 7) is 0.668. The zero-order valence-electron chi connectivity index (χ0n) is 27.0. The molecule has 1 heterocycles. The van der Waals surface area contributed by atoms with E-state index >= 15 is 0 Å². The highest BCUT2D eigenvalue weighted by Crippen LogP contribution is 2.24. The van der Waals surface area contributed by atoms with Gasteiger partial charge in [0.25, 0.3) is 0 Å². The quantitative estimate of drug-likeness (QED) is 0.159. The van der Waals surface area contributed by atoms with E-state index in [0.29, 0.717) is 25.1 Å². The standard InChI is InChI=1S/C35H45N5O6S/c1-45-34(43)29(17-19-47-2)38-31(41)22-40(21-26-14-8-13-25-12-6-7-15-27(25)26)32(28-16-9-18-37-28)33(42)30(20-36)39-35(44)46-23-24-10-4-3-5-11-24/h3-8,10-15,28-30,32,37H,9,16-23,36H2,1-2H3,(H,38,41)(H,39,44)/t28?,29-,30-,32?/m0/s1. The van der Waals surface area contributed by atoms with Crippen LogP contribution in [0.2, 0.25) is 0 Å². The monoisotopic (exact) mass is 663 g/mol. The Morgan fingerprint density at radius 3 is 2.45 bits per heavy atom. The Labute approximate surface area is 280 Å². The van der Waals surface area contributed by atoms with E-state index in [1.165, 1.54) is 7.11 Å². The SMILES string of the molecule is COC(=O)[C@H](CCSC)NC(=O)CN(Cc1cccc2ccccc12)C(C(=O)[C@H](CN)NC(=O)OCc1ccccc1)C1CCCN1. The van der Waals surface area contributed by atoms with Crippen molar-refractivity contribution in [1.82, 2.24) is 20.9 Å². The second-order valence-corrected chi connectivity index (χ2v) is 12.5. The first-order chi connectivity index (χ1) is 22.8. The fourth-order valence-corrected chi connectivity index (χ4v) is 6.40. The van der Waals surface area contributed by atoms with Crippen molar-refractivity contribution < 1.29 is 28.7 Å². The predicted molar refractivity (Wildman–Crippen MR) is 184 cm³/mol. The average molecular weight is 664 g/mol. The lowest BCUT2D eigenvalue weighted by Gasteiger charge is -2.36. The summed E-state index contributed by atoms with van der Waals surface area (Å²) in [6.07, 6.45) is 3.11. The number of alkyl carbamates (subject to hydrolysis) is 1. The number of carbonyl (C=O) groups is 4. The molecule has 4 atom stereocenters. The molecule has 3 aromatic rings. The van der Waals surface area contributed by atoms with Crippen molar-refractivity contribution in [2.45, 2.75) is 56.6 Å². The molecule has 252 valence electrons. The molecule has 12 heteroatoms. The van der Waals surface area contributed by atoms with E-state index in [1.807, 2.05) is 84.0 Å². The van der Waals surface area contributed by atoms with Crippen LogP contribution >= 0.6 is 11.8 Å². The minimum absolute atomic E-state index is 0.0387. The lowest BCUT2D eigenvalue weighted by Crippen LogP contribution is -2.61. The summed E-state index contributed by atoms with van der Waals surface area (Å²) in [6, 6.07) is 20.1. The van der Waals surface area contributed by atoms with Gasteiger partial charge in [0.05, 0.1) is 19.7 Å². The van der Waals surface area contributed by atoms with Gasteiger partial charge in [0.2, 0.25) is 5.91 Å². The number of thioether (sulfide) groups is 1. The fraction of sp³-hybridized carbons (Fsp3) is 0.429. The van der Waals surface area contributed by atoms with Gasteiger partial charge in [-0.3, -0.25) is 14.5 Å². The summed E-state index contributed by atoms with van der Waals surface area (Å²) in [5, 5.41) is 11.0. The van der Waals surface area contributed by atoms with Crippen LogP contribution in [0.4, 0.5) is 4.79 Å². The second kappa shape index (κ2) is 18.4. The number of amides is 2. The van der Waals surface area contributed by atoms with Gasteiger partial charge < -0.3 is 31.2 Å². The Bertz CT molecular complexity index is 1480. The van der Waals surface area contributed by atoms with Gasteiger partial charge in [-0.2, -0.15) is 11.8 Å². The molecule has 0 bridgehead atoms. The van der Waals surface area contributed by atoms with Crippen LogP contribution in [0.3, 0.4) is 0 Å². The number of nitrogens with two attached hydrogens (primary N) is 1. The van der Waals surface area contributed by atoms with Crippen LogP contribution in [0.25, 0.3) is 10.8 Å². The molecule has 1 saturated heterocycles. The molecule has 0 saturated carbocycles. The van der Waals surface area contributed by atoms with E-state index in [-0.39, 0.29) is 38.1 Å². The molecule has 0 aromatic heterocycles. The Morgan fingerprint density at radius 1 is 1.00 bits per heavy atom. The molecule has 1 fully saturated rings. The van der Waals surface area contributed by atoms with Gasteiger partial charge in [0.15, 0.2) is 5.78 Å². The van der Waals surface area contributed by atoms with Gasteiger partial charge in [-0.15, -0.1) is 0 Å². The number of hydrogen-bond acceptors (Lipinski definition) is 10. The number of carbonyl (C=O) groups excluding carboxylic acids is 4. The first kappa shape index (κ1) is 35.9. The van der Waals surface area contributed by atoms with Gasteiger partial charge >= 0.3 is 12.1 Å². The van der Waals surface area contributed by atoms with E-state index in [2.05, 4.69) is 16.0 Å². The molecule has 4 rings (SSSR count). The van der Waals surface area contributed by atoms with Crippen LogP contribution in [0.1, 0.15) is 30.4 Å². The summed E-state index contributed by atoms with van der Waals surface area (Å²) < 4.78 is 10.3. The third-order valence-electron chi connectivity index (χ3n) is 8.28. The maximum Gasteiger partial charge on any atom is 0.408 e. The topological polar surface area (TPSA) is 152 Å². The summed E-state index contributed by atoms with van der Waals surface area (Å²) in [7, 11) is 1.29. The highest BCUT2D eigenvalue weighted by Gasteiger charge is 2.40. The Balaban J connectivity index is 1.62. The third-order valence-corrected chi connectivity index (χ3v) is 8.92. The summed E-state index contributed by atoms with van der Waals surface area (Å²) in [4.78, 5) is 55.3. The molecule has 3 aromatic carbocycles. The third kappa shape index (κ3) is 10.3. The lowest BCUT2D eigenvalue weighted by atomic mass is 9.94. The van der Waals surface area contributed by atoms with Gasteiger partial charge in [-0.25, -0.2) is 9.59 Å². The van der Waals surface area contributed by atoms with Crippen molar-refractivity contribution in [3.63, 3.8) is 0 Å². The van der Waals surface area contributed by atoms with Gasteiger partial charge in [-0.05, 0) is 59.7 Å². The molecular formula is C35H45N5O6S. The molecule has 0 radical (unpaired) electrons. The minimum Gasteiger partial charge on any atom is -0.467 e. The minimum atomic E-state index is -1.06. The maximum absolute atomic E-state index is 14.4. The van der Waals surface area contributed by atoms with E-state index in [9.17, 15) is 19.2 Å². The lowest BCUT2D eigenvalue weighted by molar-refractivity contribution is -0.145. The summed E-state index contributed by atoms with van der Waals surface area (Å²) in [5.41, 5.74) is 7.83. The predicted octanol–water partition coefficient (Wildman–Crippen LogP) is 3.00. The van der Waals surface area contributed by atoms with Gasteiger partial charge in [0.1, 0.15) is 18.7 Å². The highest BCUT2D eigenvalue weighted by atomic mass is 32.2. The van der Waals surface area contributed by atoms with Crippen molar-refractivity contribution in [3.05, 3.63) is 83.9 Å². The number of nitrogens with zero attached hydrogens (tertiary/aromatic N) is 1. The van der Waals surface area contributed by atoms with Crippen LogP contribution in [-0.2, 0) is 37.0 Å². The molecule has 5 N–H and O–H groups in total.